The van der Waals surface area contributed by atoms with Gasteiger partial charge in [0.1, 0.15) is 0 Å². The molecule has 2 aromatic carbocycles. The van der Waals surface area contributed by atoms with Crippen molar-refractivity contribution in [2.24, 2.45) is 0 Å². The van der Waals surface area contributed by atoms with Gasteiger partial charge in [0, 0.05) is 34.8 Å². The summed E-state index contributed by atoms with van der Waals surface area (Å²) in [5, 5.41) is 7.20. The van der Waals surface area contributed by atoms with Crippen LogP contribution in [0, 0.1) is 0 Å². The van der Waals surface area contributed by atoms with Gasteiger partial charge in [0.25, 0.3) is 5.91 Å². The number of rotatable bonds is 3. The molecular formula is C19H15ClN2O4. The fourth-order valence-corrected chi connectivity index (χ4v) is 2.79. The summed E-state index contributed by atoms with van der Waals surface area (Å²) < 4.78 is 16.5. The summed E-state index contributed by atoms with van der Waals surface area (Å²) in [6, 6.07) is 14.0. The number of aromatic nitrogens is 1. The molecule has 132 valence electrons. The van der Waals surface area contributed by atoms with E-state index in [0.29, 0.717) is 41.2 Å². The van der Waals surface area contributed by atoms with Gasteiger partial charge < -0.3 is 19.3 Å². The van der Waals surface area contributed by atoms with Gasteiger partial charge >= 0.3 is 0 Å². The van der Waals surface area contributed by atoms with Crippen LogP contribution in [0.25, 0.3) is 11.3 Å². The molecule has 0 fully saturated rings. The van der Waals surface area contributed by atoms with E-state index in [1.165, 1.54) is 0 Å². The molecule has 7 heteroatoms. The minimum absolute atomic E-state index is 0.173. The second-order valence-corrected chi connectivity index (χ2v) is 6.19. The van der Waals surface area contributed by atoms with Crippen molar-refractivity contribution in [3.63, 3.8) is 0 Å². The number of nitrogens with one attached hydrogen (secondary N) is 1. The first-order valence-electron chi connectivity index (χ1n) is 8.13. The van der Waals surface area contributed by atoms with Crippen molar-refractivity contribution in [2.45, 2.75) is 6.42 Å². The van der Waals surface area contributed by atoms with Crippen LogP contribution < -0.4 is 14.8 Å². The van der Waals surface area contributed by atoms with Crippen LogP contribution in [0.5, 0.6) is 11.5 Å². The Labute approximate surface area is 154 Å². The summed E-state index contributed by atoms with van der Waals surface area (Å²) in [5.74, 6) is 1.37. The minimum Gasteiger partial charge on any atom is -0.490 e. The fraction of sp³-hybridized carbons (Fsp3) is 0.158. The van der Waals surface area contributed by atoms with Crippen LogP contribution in [-0.2, 0) is 0 Å². The first kappa shape index (κ1) is 16.5. The number of halogens is 1. The van der Waals surface area contributed by atoms with Gasteiger partial charge in [0.15, 0.2) is 23.0 Å². The highest BCUT2D eigenvalue weighted by molar-refractivity contribution is 6.30. The normalized spacial score (nSPS) is 13.1. The predicted molar refractivity (Wildman–Crippen MR) is 97.0 cm³/mol. The standard InChI is InChI=1S/C19H15ClN2O4/c20-13-4-1-3-12(9-13)17-11-15(22-26-17)19(23)21-14-5-6-16-18(10-14)25-8-2-7-24-16/h1,3-6,9-11H,2,7-8H2,(H,21,23). The Morgan fingerprint density at radius 3 is 2.73 bits per heavy atom. The molecule has 1 amide bonds. The Morgan fingerprint density at radius 2 is 1.88 bits per heavy atom. The minimum atomic E-state index is -0.378. The predicted octanol–water partition coefficient (Wildman–Crippen LogP) is 4.41. The van der Waals surface area contributed by atoms with E-state index in [1.807, 2.05) is 6.07 Å². The van der Waals surface area contributed by atoms with Crippen molar-refractivity contribution >= 4 is 23.2 Å². The van der Waals surface area contributed by atoms with Crippen molar-refractivity contribution in [1.82, 2.24) is 5.16 Å². The van der Waals surface area contributed by atoms with Crippen molar-refractivity contribution in [3.8, 4) is 22.8 Å². The molecule has 0 atom stereocenters. The Hall–Kier alpha value is -2.99. The topological polar surface area (TPSA) is 73.6 Å². The van der Waals surface area contributed by atoms with Crippen LogP contribution in [0.4, 0.5) is 5.69 Å². The van der Waals surface area contributed by atoms with Crippen LogP contribution >= 0.6 is 11.6 Å². The Bertz CT molecular complexity index is 954. The Kier molecular flexibility index (Phi) is 4.50. The van der Waals surface area contributed by atoms with Crippen LogP contribution in [0.2, 0.25) is 5.02 Å². The molecule has 0 saturated carbocycles. The molecule has 1 aliphatic rings. The van der Waals surface area contributed by atoms with Gasteiger partial charge in [-0.15, -0.1) is 0 Å². The van der Waals surface area contributed by atoms with E-state index in [0.717, 1.165) is 12.0 Å². The molecule has 1 N–H and O–H groups in total. The van der Waals surface area contributed by atoms with E-state index in [-0.39, 0.29) is 11.6 Å². The number of anilines is 1. The molecule has 0 unspecified atom stereocenters. The molecule has 4 rings (SSSR count). The zero-order valence-corrected chi connectivity index (χ0v) is 14.5. The molecule has 3 aromatic rings. The smallest absolute Gasteiger partial charge is 0.277 e. The molecule has 0 aliphatic carbocycles. The van der Waals surface area contributed by atoms with Gasteiger partial charge in [0.05, 0.1) is 13.2 Å². The maximum atomic E-state index is 12.4. The van der Waals surface area contributed by atoms with Crippen molar-refractivity contribution in [2.75, 3.05) is 18.5 Å². The van der Waals surface area contributed by atoms with E-state index in [2.05, 4.69) is 10.5 Å². The van der Waals surface area contributed by atoms with E-state index < -0.39 is 0 Å². The molecule has 0 spiro atoms. The van der Waals surface area contributed by atoms with Crippen LogP contribution in [0.1, 0.15) is 16.9 Å². The first-order chi connectivity index (χ1) is 12.7. The average Bonchev–Trinajstić information content (AvgIpc) is 3.02. The molecule has 2 heterocycles. The third-order valence-corrected chi connectivity index (χ3v) is 4.09. The Balaban J connectivity index is 1.51. The van der Waals surface area contributed by atoms with Gasteiger partial charge in [0.2, 0.25) is 0 Å². The number of carbonyl (C=O) groups excluding carboxylic acids is 1. The van der Waals surface area contributed by atoms with E-state index >= 15 is 0 Å². The lowest BCUT2D eigenvalue weighted by molar-refractivity contribution is 0.101. The highest BCUT2D eigenvalue weighted by Crippen LogP contribution is 2.32. The maximum Gasteiger partial charge on any atom is 0.277 e. The molecule has 1 aromatic heterocycles. The van der Waals surface area contributed by atoms with Gasteiger partial charge in [-0.05, 0) is 24.3 Å². The largest absolute Gasteiger partial charge is 0.490 e. The second kappa shape index (κ2) is 7.09. The van der Waals surface area contributed by atoms with E-state index in [4.69, 9.17) is 25.6 Å². The second-order valence-electron chi connectivity index (χ2n) is 5.75. The van der Waals surface area contributed by atoms with Crippen LogP contribution in [-0.4, -0.2) is 24.3 Å². The molecular weight excluding hydrogens is 356 g/mol. The monoisotopic (exact) mass is 370 g/mol. The van der Waals surface area contributed by atoms with Crippen molar-refractivity contribution < 1.29 is 18.8 Å². The summed E-state index contributed by atoms with van der Waals surface area (Å²) in [6.45, 7) is 1.20. The number of carbonyl (C=O) groups is 1. The quantitative estimate of drug-likeness (QED) is 0.739. The third-order valence-electron chi connectivity index (χ3n) is 3.86. The molecule has 0 saturated heterocycles. The van der Waals surface area contributed by atoms with E-state index in [1.54, 1.807) is 42.5 Å². The van der Waals surface area contributed by atoms with Crippen molar-refractivity contribution in [1.29, 1.82) is 0 Å². The number of hydrogen-bond acceptors (Lipinski definition) is 5. The van der Waals surface area contributed by atoms with Gasteiger partial charge in [-0.1, -0.05) is 28.9 Å². The first-order valence-corrected chi connectivity index (χ1v) is 8.50. The van der Waals surface area contributed by atoms with Crippen LogP contribution in [0.3, 0.4) is 0 Å². The molecule has 26 heavy (non-hydrogen) atoms. The number of hydrogen-bond donors (Lipinski definition) is 1. The van der Waals surface area contributed by atoms with Crippen LogP contribution in [0.15, 0.2) is 53.1 Å². The maximum absolute atomic E-state index is 12.4. The zero-order valence-electron chi connectivity index (χ0n) is 13.7. The lowest BCUT2D eigenvalue weighted by atomic mass is 10.1. The third kappa shape index (κ3) is 3.50. The number of ether oxygens (including phenoxy) is 2. The zero-order chi connectivity index (χ0) is 17.9. The lowest BCUT2D eigenvalue weighted by Crippen LogP contribution is -2.12. The number of benzene rings is 2. The summed E-state index contributed by atoms with van der Waals surface area (Å²) in [7, 11) is 0. The molecule has 0 bridgehead atoms. The summed E-state index contributed by atoms with van der Waals surface area (Å²) >= 11 is 5.98. The number of nitrogens with zero attached hydrogens (tertiary/aromatic N) is 1. The summed E-state index contributed by atoms with van der Waals surface area (Å²) in [5.41, 5.74) is 1.51. The molecule has 1 aliphatic heterocycles. The highest BCUT2D eigenvalue weighted by atomic mass is 35.5. The molecule has 0 radical (unpaired) electrons. The van der Waals surface area contributed by atoms with Crippen molar-refractivity contribution in [3.05, 3.63) is 59.2 Å². The fourth-order valence-electron chi connectivity index (χ4n) is 2.60. The SMILES string of the molecule is O=C(Nc1ccc2c(c1)OCCCO2)c1cc(-c2cccc(Cl)c2)on1. The number of fused-ring (bicyclic) bond motifs is 1. The number of amides is 1. The average molecular weight is 371 g/mol. The summed E-state index contributed by atoms with van der Waals surface area (Å²) in [6.07, 6.45) is 0.821. The summed E-state index contributed by atoms with van der Waals surface area (Å²) in [4.78, 5) is 12.4. The van der Waals surface area contributed by atoms with Gasteiger partial charge in [-0.25, -0.2) is 0 Å². The highest BCUT2D eigenvalue weighted by Gasteiger charge is 2.16. The molecule has 6 nitrogen and oxygen atoms in total. The lowest BCUT2D eigenvalue weighted by Gasteiger charge is -2.09. The Morgan fingerprint density at radius 1 is 1.04 bits per heavy atom. The van der Waals surface area contributed by atoms with E-state index in [9.17, 15) is 4.79 Å². The van der Waals surface area contributed by atoms with Gasteiger partial charge in [-0.2, -0.15) is 0 Å². The van der Waals surface area contributed by atoms with Gasteiger partial charge in [-0.3, -0.25) is 4.79 Å².